The molecule has 0 saturated carbocycles. The molecule has 0 amide bonds. The molecule has 0 rings (SSSR count). The first-order valence-corrected chi connectivity index (χ1v) is 6.07. The summed E-state index contributed by atoms with van der Waals surface area (Å²) in [7, 11) is 0. The molecule has 0 radical (unpaired) electrons. The monoisotopic (exact) mass is 220 g/mol. The molecule has 0 bridgehead atoms. The van der Waals surface area contributed by atoms with Gasteiger partial charge in [-0.25, -0.2) is 0 Å². The van der Waals surface area contributed by atoms with Gasteiger partial charge in [0.05, 0.1) is 12.2 Å². The van der Waals surface area contributed by atoms with Crippen LogP contribution in [0.3, 0.4) is 0 Å². The molecular formula is C6H14NaO3PS. The van der Waals surface area contributed by atoms with Crippen LogP contribution in [0.5, 0.6) is 0 Å². The fourth-order valence-electron chi connectivity index (χ4n) is 0.541. The molecule has 0 fully saturated rings. The Hall–Kier alpha value is 1.53. The summed E-state index contributed by atoms with van der Waals surface area (Å²) in [5.41, 5.74) is 0. The number of hydrogen-bond acceptors (Lipinski definition) is 4. The SMILES string of the molecule is CC(C)OP([O-])(=S)OC(C)C.[Na+]. The average Bonchev–Trinajstić information content (AvgIpc) is 1.53. The fraction of sp³-hybridized carbons (Fsp3) is 1.00. The van der Waals surface area contributed by atoms with Crippen molar-refractivity contribution in [3.8, 4) is 0 Å². The molecule has 0 N–H and O–H groups in total. The Morgan fingerprint density at radius 2 is 1.33 bits per heavy atom. The van der Waals surface area contributed by atoms with E-state index in [0.29, 0.717) is 0 Å². The van der Waals surface area contributed by atoms with Gasteiger partial charge >= 0.3 is 29.6 Å². The Balaban J connectivity index is 0. The van der Waals surface area contributed by atoms with Crippen LogP contribution in [-0.2, 0) is 20.9 Å². The Kier molecular flexibility index (Phi) is 9.20. The summed E-state index contributed by atoms with van der Waals surface area (Å²) >= 11 is 4.61. The zero-order valence-electron chi connectivity index (χ0n) is 8.23. The van der Waals surface area contributed by atoms with Gasteiger partial charge in [-0.2, -0.15) is 0 Å². The van der Waals surface area contributed by atoms with Crippen molar-refractivity contribution < 1.29 is 43.5 Å². The Morgan fingerprint density at radius 3 is 1.50 bits per heavy atom. The van der Waals surface area contributed by atoms with Crippen LogP contribution in [0.25, 0.3) is 0 Å². The summed E-state index contributed by atoms with van der Waals surface area (Å²) in [4.78, 5) is 11.2. The second-order valence-electron chi connectivity index (χ2n) is 2.76. The van der Waals surface area contributed by atoms with E-state index in [2.05, 4.69) is 11.8 Å². The van der Waals surface area contributed by atoms with E-state index in [4.69, 9.17) is 9.05 Å². The summed E-state index contributed by atoms with van der Waals surface area (Å²) in [5.74, 6) is 0. The van der Waals surface area contributed by atoms with Crippen molar-refractivity contribution in [1.82, 2.24) is 0 Å². The Labute approximate surface area is 101 Å². The van der Waals surface area contributed by atoms with Crippen molar-refractivity contribution >= 4 is 18.5 Å². The summed E-state index contributed by atoms with van der Waals surface area (Å²) in [6.45, 7) is 3.84. The molecular weight excluding hydrogens is 206 g/mol. The summed E-state index contributed by atoms with van der Waals surface area (Å²) < 4.78 is 9.79. The molecule has 0 unspecified atom stereocenters. The minimum atomic E-state index is -3.22. The van der Waals surface area contributed by atoms with Crippen LogP contribution in [0.1, 0.15) is 27.7 Å². The minimum absolute atomic E-state index is 0. The predicted molar refractivity (Wildman–Crippen MR) is 46.7 cm³/mol. The molecule has 68 valence electrons. The molecule has 0 aliphatic rings. The van der Waals surface area contributed by atoms with Gasteiger partial charge in [0.15, 0.2) is 0 Å². The van der Waals surface area contributed by atoms with Gasteiger partial charge in [0.25, 0.3) is 0 Å². The van der Waals surface area contributed by atoms with Crippen molar-refractivity contribution in [3.63, 3.8) is 0 Å². The number of rotatable bonds is 4. The first kappa shape index (κ1) is 16.0. The van der Waals surface area contributed by atoms with E-state index in [-0.39, 0.29) is 41.8 Å². The second kappa shape index (κ2) is 6.91. The zero-order valence-corrected chi connectivity index (χ0v) is 11.9. The smallest absolute Gasteiger partial charge is 0.780 e. The van der Waals surface area contributed by atoms with Crippen molar-refractivity contribution in [2.24, 2.45) is 0 Å². The third kappa shape index (κ3) is 9.62. The van der Waals surface area contributed by atoms with E-state index >= 15 is 0 Å². The van der Waals surface area contributed by atoms with Gasteiger partial charge in [0.2, 0.25) is 0 Å². The van der Waals surface area contributed by atoms with Gasteiger partial charge in [-0.1, -0.05) is 11.8 Å². The Bertz CT molecular complexity index is 149. The van der Waals surface area contributed by atoms with E-state index < -0.39 is 6.72 Å². The summed E-state index contributed by atoms with van der Waals surface area (Å²) in [6.07, 6.45) is -0.311. The van der Waals surface area contributed by atoms with Crippen molar-refractivity contribution in [3.05, 3.63) is 0 Å². The van der Waals surface area contributed by atoms with E-state index in [1.165, 1.54) is 0 Å². The van der Waals surface area contributed by atoms with E-state index in [0.717, 1.165) is 0 Å². The van der Waals surface area contributed by atoms with Crippen LogP contribution in [0.2, 0.25) is 0 Å². The zero-order chi connectivity index (χ0) is 9.07. The van der Waals surface area contributed by atoms with Crippen LogP contribution in [0.15, 0.2) is 0 Å². The molecule has 0 aromatic heterocycles. The van der Waals surface area contributed by atoms with Gasteiger partial charge in [0.1, 0.15) is 6.72 Å². The second-order valence-corrected chi connectivity index (χ2v) is 5.41. The van der Waals surface area contributed by atoms with E-state index in [9.17, 15) is 4.89 Å². The van der Waals surface area contributed by atoms with E-state index in [1.807, 2.05) is 0 Å². The van der Waals surface area contributed by atoms with Crippen molar-refractivity contribution in [1.29, 1.82) is 0 Å². The van der Waals surface area contributed by atoms with Crippen LogP contribution < -0.4 is 34.5 Å². The minimum Gasteiger partial charge on any atom is -0.780 e. The van der Waals surface area contributed by atoms with Crippen molar-refractivity contribution in [2.45, 2.75) is 39.9 Å². The molecule has 12 heavy (non-hydrogen) atoms. The Morgan fingerprint density at radius 1 is 1.08 bits per heavy atom. The quantitative estimate of drug-likeness (QED) is 0.424. The van der Waals surface area contributed by atoms with Crippen molar-refractivity contribution in [2.75, 3.05) is 0 Å². The van der Waals surface area contributed by atoms with Crippen LogP contribution in [0, 0.1) is 0 Å². The van der Waals surface area contributed by atoms with Crippen LogP contribution in [-0.4, -0.2) is 12.2 Å². The molecule has 0 aromatic rings. The molecule has 0 saturated heterocycles. The molecule has 0 atom stereocenters. The fourth-order valence-corrected chi connectivity index (χ4v) is 2.66. The molecule has 3 nitrogen and oxygen atoms in total. The van der Waals surface area contributed by atoms with Gasteiger partial charge in [-0.15, -0.1) is 0 Å². The van der Waals surface area contributed by atoms with Crippen LogP contribution >= 0.6 is 6.72 Å². The molecule has 0 aromatic carbocycles. The maximum atomic E-state index is 11.2. The van der Waals surface area contributed by atoms with Crippen LogP contribution in [0.4, 0.5) is 0 Å². The third-order valence-corrected chi connectivity index (χ3v) is 2.56. The van der Waals surface area contributed by atoms with E-state index in [1.54, 1.807) is 27.7 Å². The largest absolute Gasteiger partial charge is 1.00 e. The normalized spacial score (nSPS) is 11.9. The van der Waals surface area contributed by atoms with Gasteiger partial charge in [0, 0.05) is 0 Å². The first-order valence-electron chi connectivity index (χ1n) is 3.51. The molecule has 0 aliphatic heterocycles. The molecule has 0 aliphatic carbocycles. The maximum Gasteiger partial charge on any atom is 1.00 e. The average molecular weight is 220 g/mol. The summed E-state index contributed by atoms with van der Waals surface area (Å²) in [5, 5.41) is 0. The third-order valence-electron chi connectivity index (χ3n) is 0.680. The van der Waals surface area contributed by atoms with Gasteiger partial charge < -0.3 is 13.9 Å². The van der Waals surface area contributed by atoms with Gasteiger partial charge in [-0.3, -0.25) is 0 Å². The number of hydrogen-bond donors (Lipinski definition) is 0. The predicted octanol–water partition coefficient (Wildman–Crippen LogP) is -1.57. The summed E-state index contributed by atoms with van der Waals surface area (Å²) in [6, 6.07) is 0. The molecule has 0 spiro atoms. The maximum absolute atomic E-state index is 11.2. The molecule has 0 heterocycles. The molecule has 6 heteroatoms. The topological polar surface area (TPSA) is 41.5 Å². The standard InChI is InChI=1S/C6H15O3PS.Na/c1-5(2)8-10(7,11)9-6(3)4;/h5-6H,1-4H3,(H,7,11);/q;+1/p-1. The van der Waals surface area contributed by atoms with Gasteiger partial charge in [-0.05, 0) is 27.7 Å². The first-order chi connectivity index (χ1) is 4.83.